The van der Waals surface area contributed by atoms with Crippen LogP contribution in [0.4, 0.5) is 0 Å². The van der Waals surface area contributed by atoms with Crippen molar-refractivity contribution in [2.75, 3.05) is 0 Å². The van der Waals surface area contributed by atoms with Crippen LogP contribution in [0.15, 0.2) is 66.4 Å². The topological polar surface area (TPSA) is 38.7 Å². The number of aromatic nitrogens is 3. The van der Waals surface area contributed by atoms with Crippen LogP contribution in [0, 0.1) is 0 Å². The first-order valence-corrected chi connectivity index (χ1v) is 7.50. The van der Waals surface area contributed by atoms with Crippen molar-refractivity contribution in [3.63, 3.8) is 0 Å². The monoisotopic (exact) mass is 289 g/mol. The third-order valence-corrected chi connectivity index (χ3v) is 4.22. The molecule has 0 aliphatic rings. The molecule has 0 saturated heterocycles. The second-order valence-corrected chi connectivity index (χ2v) is 5.53. The molecule has 100 valence electrons. The average Bonchev–Trinajstić information content (AvgIpc) is 2.99. The van der Waals surface area contributed by atoms with Gasteiger partial charge in [0.15, 0.2) is 5.82 Å². The van der Waals surface area contributed by atoms with Gasteiger partial charge in [0.2, 0.25) is 0 Å². The van der Waals surface area contributed by atoms with Gasteiger partial charge in [0.1, 0.15) is 4.83 Å². The predicted octanol–water partition coefficient (Wildman–Crippen LogP) is 4.42. The Morgan fingerprint density at radius 2 is 1.71 bits per heavy atom. The van der Waals surface area contributed by atoms with E-state index in [1.807, 2.05) is 36.5 Å². The molecule has 0 amide bonds. The first-order valence-electron chi connectivity index (χ1n) is 6.62. The van der Waals surface area contributed by atoms with E-state index in [-0.39, 0.29) is 0 Å². The van der Waals surface area contributed by atoms with Gasteiger partial charge < -0.3 is 0 Å². The van der Waals surface area contributed by atoms with Gasteiger partial charge in [-0.05, 0) is 17.7 Å². The molecule has 3 heterocycles. The average molecular weight is 289 g/mol. The van der Waals surface area contributed by atoms with E-state index in [0.29, 0.717) is 0 Å². The highest BCUT2D eigenvalue weighted by molar-refractivity contribution is 7.17. The van der Waals surface area contributed by atoms with Crippen molar-refractivity contribution in [3.05, 3.63) is 66.4 Å². The van der Waals surface area contributed by atoms with Crippen LogP contribution in [0.5, 0.6) is 0 Å². The van der Waals surface area contributed by atoms with Crippen molar-refractivity contribution >= 4 is 21.6 Å². The zero-order valence-electron chi connectivity index (χ0n) is 11.1. The van der Waals surface area contributed by atoms with Crippen molar-refractivity contribution < 1.29 is 0 Å². The number of rotatable bonds is 2. The molecule has 3 nitrogen and oxygen atoms in total. The van der Waals surface area contributed by atoms with Crippen molar-refractivity contribution in [1.82, 2.24) is 15.0 Å². The van der Waals surface area contributed by atoms with Crippen LogP contribution in [0.25, 0.3) is 32.7 Å². The largest absolute Gasteiger partial charge is 0.264 e. The fourth-order valence-electron chi connectivity index (χ4n) is 2.29. The van der Waals surface area contributed by atoms with Crippen LogP contribution in [0.3, 0.4) is 0 Å². The van der Waals surface area contributed by atoms with E-state index in [2.05, 4.69) is 32.5 Å². The highest BCUT2D eigenvalue weighted by atomic mass is 32.1. The van der Waals surface area contributed by atoms with Crippen molar-refractivity contribution in [3.8, 4) is 22.5 Å². The van der Waals surface area contributed by atoms with E-state index >= 15 is 0 Å². The summed E-state index contributed by atoms with van der Waals surface area (Å²) in [6.45, 7) is 0. The zero-order chi connectivity index (χ0) is 14.1. The van der Waals surface area contributed by atoms with Crippen LogP contribution >= 0.6 is 11.3 Å². The van der Waals surface area contributed by atoms with Crippen LogP contribution in [0.1, 0.15) is 0 Å². The van der Waals surface area contributed by atoms with E-state index in [1.165, 1.54) is 11.1 Å². The SMILES string of the molecule is c1ccc(-c2csc3nc(-c4cccnc4)ncc23)cc1. The summed E-state index contributed by atoms with van der Waals surface area (Å²) in [5.41, 5.74) is 3.32. The molecular formula is C17H11N3S. The summed E-state index contributed by atoms with van der Waals surface area (Å²) in [6, 6.07) is 14.2. The Bertz CT molecular complexity index is 886. The van der Waals surface area contributed by atoms with Crippen molar-refractivity contribution in [2.45, 2.75) is 0 Å². The Hall–Kier alpha value is -2.59. The molecule has 4 rings (SSSR count). The number of pyridine rings is 1. The second kappa shape index (κ2) is 5.07. The lowest BCUT2D eigenvalue weighted by atomic mass is 10.1. The summed E-state index contributed by atoms with van der Waals surface area (Å²) in [5, 5.41) is 3.24. The van der Waals surface area contributed by atoms with Gasteiger partial charge >= 0.3 is 0 Å². The van der Waals surface area contributed by atoms with Gasteiger partial charge in [0.25, 0.3) is 0 Å². The first-order chi connectivity index (χ1) is 10.4. The Morgan fingerprint density at radius 1 is 0.857 bits per heavy atom. The molecular weight excluding hydrogens is 278 g/mol. The lowest BCUT2D eigenvalue weighted by Crippen LogP contribution is -1.88. The third-order valence-electron chi connectivity index (χ3n) is 3.34. The summed E-state index contributed by atoms with van der Waals surface area (Å²) in [6.07, 6.45) is 5.44. The predicted molar refractivity (Wildman–Crippen MR) is 86.1 cm³/mol. The van der Waals surface area contributed by atoms with Crippen LogP contribution in [-0.2, 0) is 0 Å². The molecule has 0 radical (unpaired) electrons. The quantitative estimate of drug-likeness (QED) is 0.548. The minimum absolute atomic E-state index is 0.720. The molecule has 0 N–H and O–H groups in total. The smallest absolute Gasteiger partial charge is 0.162 e. The number of nitrogens with zero attached hydrogens (tertiary/aromatic N) is 3. The maximum absolute atomic E-state index is 4.66. The highest BCUT2D eigenvalue weighted by Crippen LogP contribution is 2.33. The van der Waals surface area contributed by atoms with Crippen molar-refractivity contribution in [2.24, 2.45) is 0 Å². The third kappa shape index (κ3) is 2.19. The van der Waals surface area contributed by atoms with Gasteiger partial charge in [-0.25, -0.2) is 9.97 Å². The van der Waals surface area contributed by atoms with Crippen LogP contribution in [0.2, 0.25) is 0 Å². The molecule has 0 fully saturated rings. The minimum atomic E-state index is 0.720. The molecule has 0 unspecified atom stereocenters. The molecule has 0 saturated carbocycles. The van der Waals surface area contributed by atoms with E-state index < -0.39 is 0 Å². The number of thiophene rings is 1. The Balaban J connectivity index is 1.85. The van der Waals surface area contributed by atoms with E-state index in [0.717, 1.165) is 21.6 Å². The van der Waals surface area contributed by atoms with E-state index in [1.54, 1.807) is 23.7 Å². The molecule has 4 heteroatoms. The fraction of sp³-hybridized carbons (Fsp3) is 0. The van der Waals surface area contributed by atoms with Gasteiger partial charge in [0.05, 0.1) is 0 Å². The summed E-state index contributed by atoms with van der Waals surface area (Å²) in [4.78, 5) is 14.3. The number of fused-ring (bicyclic) bond motifs is 1. The minimum Gasteiger partial charge on any atom is -0.264 e. The Morgan fingerprint density at radius 3 is 2.52 bits per heavy atom. The zero-order valence-corrected chi connectivity index (χ0v) is 11.9. The van der Waals surface area contributed by atoms with Gasteiger partial charge in [-0.1, -0.05) is 30.3 Å². The fourth-order valence-corrected chi connectivity index (χ4v) is 3.22. The van der Waals surface area contributed by atoms with Crippen LogP contribution < -0.4 is 0 Å². The molecule has 0 spiro atoms. The molecule has 21 heavy (non-hydrogen) atoms. The summed E-state index contributed by atoms with van der Waals surface area (Å²) in [5.74, 6) is 0.720. The molecule has 0 atom stereocenters. The van der Waals surface area contributed by atoms with Crippen molar-refractivity contribution in [1.29, 1.82) is 0 Å². The molecule has 0 bridgehead atoms. The van der Waals surface area contributed by atoms with Gasteiger partial charge in [-0.15, -0.1) is 11.3 Å². The molecule has 0 aliphatic carbocycles. The molecule has 1 aromatic carbocycles. The highest BCUT2D eigenvalue weighted by Gasteiger charge is 2.09. The molecule has 3 aromatic heterocycles. The number of benzene rings is 1. The summed E-state index contributed by atoms with van der Waals surface area (Å²) >= 11 is 1.65. The lowest BCUT2D eigenvalue weighted by molar-refractivity contribution is 1.21. The maximum Gasteiger partial charge on any atom is 0.162 e. The second-order valence-electron chi connectivity index (χ2n) is 4.67. The van der Waals surface area contributed by atoms with Gasteiger partial charge in [-0.2, -0.15) is 0 Å². The lowest BCUT2D eigenvalue weighted by Gasteiger charge is -2.01. The van der Waals surface area contributed by atoms with Gasteiger partial charge in [0, 0.05) is 40.5 Å². The summed E-state index contributed by atoms with van der Waals surface area (Å²) < 4.78 is 0. The van der Waals surface area contributed by atoms with E-state index in [4.69, 9.17) is 0 Å². The van der Waals surface area contributed by atoms with E-state index in [9.17, 15) is 0 Å². The summed E-state index contributed by atoms with van der Waals surface area (Å²) in [7, 11) is 0. The number of hydrogen-bond donors (Lipinski definition) is 0. The Kier molecular flexibility index (Phi) is 2.94. The first kappa shape index (κ1) is 12.2. The van der Waals surface area contributed by atoms with Crippen LogP contribution in [-0.4, -0.2) is 15.0 Å². The molecule has 4 aromatic rings. The normalized spacial score (nSPS) is 10.9. The van der Waals surface area contributed by atoms with Gasteiger partial charge in [-0.3, -0.25) is 4.98 Å². The molecule has 0 aliphatic heterocycles. The Labute approximate surface area is 126 Å². The maximum atomic E-state index is 4.66. The number of hydrogen-bond acceptors (Lipinski definition) is 4. The standard InChI is InChI=1S/C17H11N3S/c1-2-5-12(6-3-1)15-11-21-17-14(15)10-19-16(20-17)13-7-4-8-18-9-13/h1-11H.